The van der Waals surface area contributed by atoms with Crippen LogP contribution in [0.25, 0.3) is 0 Å². The Labute approximate surface area is 149 Å². The standard InChI is InChI=1S/C15H29N3O6S/c1-11(2)9-12(15(20)18-5-7-24-8-6-18)13(14(19)16-21)10-17(3)25(4,22)23/h11-13,21H,5-10H2,1-4H3,(H,16,19)/t12-,13+/m1/s1. The first-order chi connectivity index (χ1) is 11.6. The Morgan fingerprint density at radius 1 is 1.24 bits per heavy atom. The van der Waals surface area contributed by atoms with Gasteiger partial charge in [0.2, 0.25) is 21.8 Å². The summed E-state index contributed by atoms with van der Waals surface area (Å²) in [4.78, 5) is 26.8. The van der Waals surface area contributed by atoms with Crippen molar-refractivity contribution >= 4 is 21.8 Å². The smallest absolute Gasteiger partial charge is 0.248 e. The fourth-order valence-corrected chi connectivity index (χ4v) is 3.28. The van der Waals surface area contributed by atoms with E-state index in [4.69, 9.17) is 9.94 Å². The second-order valence-electron chi connectivity index (χ2n) is 6.80. The van der Waals surface area contributed by atoms with E-state index >= 15 is 0 Å². The molecule has 0 unspecified atom stereocenters. The Kier molecular flexibility index (Phi) is 8.26. The first kappa shape index (κ1) is 21.8. The van der Waals surface area contributed by atoms with E-state index < -0.39 is 27.8 Å². The fourth-order valence-electron chi connectivity index (χ4n) is 2.85. The number of carbonyl (C=O) groups is 2. The third-order valence-corrected chi connectivity index (χ3v) is 5.60. The van der Waals surface area contributed by atoms with Crippen LogP contribution < -0.4 is 5.48 Å². The van der Waals surface area contributed by atoms with Gasteiger partial charge in [0.25, 0.3) is 0 Å². The molecule has 1 rings (SSSR count). The van der Waals surface area contributed by atoms with Crippen LogP contribution in [-0.4, -0.2) is 80.8 Å². The first-order valence-electron chi connectivity index (χ1n) is 8.29. The van der Waals surface area contributed by atoms with Gasteiger partial charge in [0.1, 0.15) is 0 Å². The number of hydroxylamine groups is 1. The summed E-state index contributed by atoms with van der Waals surface area (Å²) in [6, 6.07) is 0. The molecule has 1 fully saturated rings. The summed E-state index contributed by atoms with van der Waals surface area (Å²) in [6.07, 6.45) is 1.44. The highest BCUT2D eigenvalue weighted by Crippen LogP contribution is 2.25. The fraction of sp³-hybridized carbons (Fsp3) is 0.867. The van der Waals surface area contributed by atoms with Crippen molar-refractivity contribution in [3.63, 3.8) is 0 Å². The summed E-state index contributed by atoms with van der Waals surface area (Å²) in [7, 11) is -2.18. The lowest BCUT2D eigenvalue weighted by Crippen LogP contribution is -2.50. The summed E-state index contributed by atoms with van der Waals surface area (Å²) in [5.41, 5.74) is 1.58. The summed E-state index contributed by atoms with van der Waals surface area (Å²) in [5.74, 6) is -2.57. The topological polar surface area (TPSA) is 116 Å². The second-order valence-corrected chi connectivity index (χ2v) is 8.89. The molecule has 1 aliphatic heterocycles. The summed E-state index contributed by atoms with van der Waals surface area (Å²) in [6.45, 7) is 5.40. The number of ether oxygens (including phenoxy) is 1. The highest BCUT2D eigenvalue weighted by atomic mass is 32.2. The van der Waals surface area contributed by atoms with Crippen LogP contribution in [0, 0.1) is 17.8 Å². The minimum atomic E-state index is -3.53. The van der Waals surface area contributed by atoms with Crippen molar-refractivity contribution in [3.05, 3.63) is 0 Å². The Morgan fingerprint density at radius 2 is 1.80 bits per heavy atom. The van der Waals surface area contributed by atoms with Crippen LogP contribution in [0.1, 0.15) is 20.3 Å². The molecule has 1 heterocycles. The Bertz CT molecular complexity index is 560. The number of hydrogen-bond donors (Lipinski definition) is 2. The van der Waals surface area contributed by atoms with Gasteiger partial charge in [-0.2, -0.15) is 0 Å². The molecule has 0 bridgehead atoms. The number of nitrogens with one attached hydrogen (secondary N) is 1. The van der Waals surface area contributed by atoms with Crippen molar-refractivity contribution in [2.24, 2.45) is 17.8 Å². The molecular formula is C15H29N3O6S. The Hall–Kier alpha value is -1.23. The predicted octanol–water partition coefficient (Wildman–Crippen LogP) is -0.479. The van der Waals surface area contributed by atoms with Crippen LogP contribution >= 0.6 is 0 Å². The SMILES string of the molecule is CC(C)C[C@@H](C(=O)N1CCOCC1)[C@H](CN(C)S(C)(=O)=O)C(=O)NO. The summed E-state index contributed by atoms with van der Waals surface area (Å²) < 4.78 is 29.7. The number of sulfonamides is 1. The zero-order chi connectivity index (χ0) is 19.2. The van der Waals surface area contributed by atoms with E-state index in [1.807, 2.05) is 13.8 Å². The summed E-state index contributed by atoms with van der Waals surface area (Å²) in [5, 5.41) is 9.08. The van der Waals surface area contributed by atoms with Crippen LogP contribution in [0.5, 0.6) is 0 Å². The average Bonchev–Trinajstić information content (AvgIpc) is 2.56. The molecule has 146 valence electrons. The Morgan fingerprint density at radius 3 is 2.24 bits per heavy atom. The van der Waals surface area contributed by atoms with Gasteiger partial charge < -0.3 is 9.64 Å². The van der Waals surface area contributed by atoms with Gasteiger partial charge in [0, 0.05) is 26.7 Å². The first-order valence-corrected chi connectivity index (χ1v) is 10.1. The minimum Gasteiger partial charge on any atom is -0.378 e. The molecule has 0 aliphatic carbocycles. The molecule has 1 aliphatic rings. The molecule has 2 atom stereocenters. The zero-order valence-electron chi connectivity index (χ0n) is 15.3. The van der Waals surface area contributed by atoms with Crippen molar-refractivity contribution in [2.75, 3.05) is 46.2 Å². The van der Waals surface area contributed by atoms with E-state index in [-0.39, 0.29) is 18.4 Å². The molecule has 0 spiro atoms. The van der Waals surface area contributed by atoms with Gasteiger partial charge in [-0.3, -0.25) is 14.8 Å². The van der Waals surface area contributed by atoms with Gasteiger partial charge in [-0.05, 0) is 12.3 Å². The molecule has 10 heteroatoms. The van der Waals surface area contributed by atoms with Gasteiger partial charge in [0.15, 0.2) is 0 Å². The molecule has 0 radical (unpaired) electrons. The van der Waals surface area contributed by atoms with Gasteiger partial charge in [0.05, 0.1) is 31.3 Å². The van der Waals surface area contributed by atoms with Crippen molar-refractivity contribution in [3.8, 4) is 0 Å². The molecule has 2 N–H and O–H groups in total. The van der Waals surface area contributed by atoms with Crippen molar-refractivity contribution in [2.45, 2.75) is 20.3 Å². The monoisotopic (exact) mass is 379 g/mol. The lowest BCUT2D eigenvalue weighted by atomic mass is 9.83. The summed E-state index contributed by atoms with van der Waals surface area (Å²) >= 11 is 0. The van der Waals surface area contributed by atoms with E-state index in [9.17, 15) is 18.0 Å². The van der Waals surface area contributed by atoms with Crippen LogP contribution in [-0.2, 0) is 24.3 Å². The number of rotatable bonds is 8. The molecule has 0 aromatic carbocycles. The average molecular weight is 379 g/mol. The molecule has 0 saturated carbocycles. The van der Waals surface area contributed by atoms with Crippen molar-refractivity contribution in [1.82, 2.24) is 14.7 Å². The number of amides is 2. The molecule has 1 saturated heterocycles. The van der Waals surface area contributed by atoms with E-state index in [1.165, 1.54) is 7.05 Å². The third kappa shape index (κ3) is 6.53. The Balaban J connectivity index is 3.10. The molecule has 0 aromatic rings. The highest BCUT2D eigenvalue weighted by molar-refractivity contribution is 7.88. The molecule has 0 aromatic heterocycles. The molecule has 2 amide bonds. The third-order valence-electron chi connectivity index (χ3n) is 4.32. The van der Waals surface area contributed by atoms with Gasteiger partial charge in [-0.15, -0.1) is 0 Å². The quantitative estimate of drug-likeness (QED) is 0.435. The normalized spacial score (nSPS) is 18.3. The van der Waals surface area contributed by atoms with Crippen LogP contribution in [0.15, 0.2) is 0 Å². The molecule has 9 nitrogen and oxygen atoms in total. The maximum Gasteiger partial charge on any atom is 0.248 e. The maximum absolute atomic E-state index is 13.0. The molecule has 25 heavy (non-hydrogen) atoms. The van der Waals surface area contributed by atoms with Crippen LogP contribution in [0.4, 0.5) is 0 Å². The van der Waals surface area contributed by atoms with Gasteiger partial charge in [-0.25, -0.2) is 18.2 Å². The van der Waals surface area contributed by atoms with Crippen molar-refractivity contribution in [1.29, 1.82) is 0 Å². The molecular weight excluding hydrogens is 350 g/mol. The highest BCUT2D eigenvalue weighted by Gasteiger charge is 2.38. The van der Waals surface area contributed by atoms with E-state index in [2.05, 4.69) is 0 Å². The van der Waals surface area contributed by atoms with Crippen molar-refractivity contribution < 1.29 is 28.0 Å². The predicted molar refractivity (Wildman–Crippen MR) is 91.2 cm³/mol. The van der Waals surface area contributed by atoms with E-state index in [0.717, 1.165) is 10.6 Å². The van der Waals surface area contributed by atoms with E-state index in [0.29, 0.717) is 32.7 Å². The van der Waals surface area contributed by atoms with Gasteiger partial charge >= 0.3 is 0 Å². The lowest BCUT2D eigenvalue weighted by molar-refractivity contribution is -0.148. The number of morpholine rings is 1. The minimum absolute atomic E-state index is 0.118. The van der Waals surface area contributed by atoms with Crippen LogP contribution in [0.3, 0.4) is 0 Å². The number of nitrogens with zero attached hydrogens (tertiary/aromatic N) is 2. The zero-order valence-corrected chi connectivity index (χ0v) is 16.1. The maximum atomic E-state index is 13.0. The second kappa shape index (κ2) is 9.46. The van der Waals surface area contributed by atoms with E-state index in [1.54, 1.807) is 10.4 Å². The number of carbonyl (C=O) groups excluding carboxylic acids is 2. The number of hydrogen-bond acceptors (Lipinski definition) is 6. The lowest BCUT2D eigenvalue weighted by Gasteiger charge is -2.34. The van der Waals surface area contributed by atoms with Crippen LogP contribution in [0.2, 0.25) is 0 Å². The largest absolute Gasteiger partial charge is 0.378 e. The van der Waals surface area contributed by atoms with Gasteiger partial charge in [-0.1, -0.05) is 13.8 Å².